The summed E-state index contributed by atoms with van der Waals surface area (Å²) in [5, 5.41) is 11.3. The van der Waals surface area contributed by atoms with Crippen LogP contribution in [0.4, 0.5) is 0 Å². The molecule has 1 amide bonds. The highest BCUT2D eigenvalue weighted by Gasteiger charge is 2.05. The monoisotopic (exact) mass is 280 g/mol. The van der Waals surface area contributed by atoms with Gasteiger partial charge in [0.25, 0.3) is 0 Å². The van der Waals surface area contributed by atoms with Gasteiger partial charge in [0.15, 0.2) is 0 Å². The van der Waals surface area contributed by atoms with Crippen LogP contribution in [0.25, 0.3) is 0 Å². The van der Waals surface area contributed by atoms with Gasteiger partial charge in [0.05, 0.1) is 23.8 Å². The number of hydrogen-bond donors (Lipinski definition) is 1. The van der Waals surface area contributed by atoms with Crippen LogP contribution >= 0.6 is 0 Å². The van der Waals surface area contributed by atoms with Crippen molar-refractivity contribution in [3.8, 4) is 6.07 Å². The molecule has 0 aliphatic carbocycles. The number of sulfone groups is 1. The van der Waals surface area contributed by atoms with E-state index in [1.165, 1.54) is 6.26 Å². The number of nitriles is 1. The molecule has 0 saturated carbocycles. The van der Waals surface area contributed by atoms with Gasteiger partial charge in [-0.25, -0.2) is 8.42 Å². The molecule has 0 saturated heterocycles. The van der Waals surface area contributed by atoms with Crippen LogP contribution in [0.3, 0.4) is 0 Å². The predicted octanol–water partition coefficient (Wildman–Crippen LogP) is 0.652. The summed E-state index contributed by atoms with van der Waals surface area (Å²) in [5.74, 6) is -0.0809. The minimum Gasteiger partial charge on any atom is -0.356 e. The van der Waals surface area contributed by atoms with Gasteiger partial charge in [-0.2, -0.15) is 5.26 Å². The molecule has 0 radical (unpaired) electrons. The largest absolute Gasteiger partial charge is 0.356 e. The Morgan fingerprint density at radius 3 is 2.47 bits per heavy atom. The molecule has 0 bridgehead atoms. The maximum Gasteiger partial charge on any atom is 0.224 e. The van der Waals surface area contributed by atoms with E-state index in [2.05, 4.69) is 5.32 Å². The molecule has 1 N–H and O–H groups in total. The number of hydrogen-bond acceptors (Lipinski definition) is 4. The van der Waals surface area contributed by atoms with Crippen molar-refractivity contribution < 1.29 is 13.2 Å². The van der Waals surface area contributed by atoms with Crippen LogP contribution < -0.4 is 5.32 Å². The molecule has 6 heteroatoms. The van der Waals surface area contributed by atoms with E-state index < -0.39 is 9.84 Å². The van der Waals surface area contributed by atoms with Crippen LogP contribution in [0.1, 0.15) is 17.5 Å². The standard InChI is InChI=1S/C13H16N2O3S/c1-19(17,18)8-2-7-15-13(16)9-11-3-5-12(10-14)6-4-11/h3-6H,2,7-9H2,1H3,(H,15,16). The van der Waals surface area contributed by atoms with E-state index in [1.54, 1.807) is 24.3 Å². The maximum atomic E-state index is 11.6. The average molecular weight is 280 g/mol. The zero-order valence-electron chi connectivity index (χ0n) is 10.7. The summed E-state index contributed by atoms with van der Waals surface area (Å²) >= 11 is 0. The summed E-state index contributed by atoms with van der Waals surface area (Å²) in [7, 11) is -2.97. The molecule has 5 nitrogen and oxygen atoms in total. The third-order valence-corrected chi connectivity index (χ3v) is 3.49. The smallest absolute Gasteiger partial charge is 0.224 e. The van der Waals surface area contributed by atoms with Gasteiger partial charge in [-0.15, -0.1) is 0 Å². The Morgan fingerprint density at radius 2 is 1.95 bits per heavy atom. The van der Waals surface area contributed by atoms with Crippen LogP contribution in [0, 0.1) is 11.3 Å². The van der Waals surface area contributed by atoms with Crippen molar-refractivity contribution in [1.82, 2.24) is 5.32 Å². The second-order valence-electron chi connectivity index (χ2n) is 4.32. The summed E-state index contributed by atoms with van der Waals surface area (Å²) in [6.45, 7) is 0.349. The molecule has 102 valence electrons. The number of rotatable bonds is 6. The maximum absolute atomic E-state index is 11.6. The second kappa shape index (κ2) is 6.90. The Hall–Kier alpha value is -1.87. The molecule has 0 fully saturated rings. The molecule has 0 atom stereocenters. The van der Waals surface area contributed by atoms with E-state index >= 15 is 0 Å². The second-order valence-corrected chi connectivity index (χ2v) is 6.58. The lowest BCUT2D eigenvalue weighted by Crippen LogP contribution is -2.27. The highest BCUT2D eigenvalue weighted by atomic mass is 32.2. The third kappa shape index (κ3) is 6.58. The Morgan fingerprint density at radius 1 is 1.32 bits per heavy atom. The van der Waals surface area contributed by atoms with Crippen molar-refractivity contribution in [3.63, 3.8) is 0 Å². The van der Waals surface area contributed by atoms with Crippen molar-refractivity contribution in [3.05, 3.63) is 35.4 Å². The topological polar surface area (TPSA) is 87.0 Å². The zero-order chi connectivity index (χ0) is 14.3. The fourth-order valence-corrected chi connectivity index (χ4v) is 2.18. The molecule has 1 rings (SSSR count). The van der Waals surface area contributed by atoms with Crippen molar-refractivity contribution in [2.45, 2.75) is 12.8 Å². The molecule has 0 heterocycles. The molecule has 19 heavy (non-hydrogen) atoms. The molecule has 1 aromatic rings. The molecular formula is C13H16N2O3S. The fourth-order valence-electron chi connectivity index (χ4n) is 1.51. The highest BCUT2D eigenvalue weighted by Crippen LogP contribution is 2.03. The number of amides is 1. The number of nitrogens with zero attached hydrogens (tertiary/aromatic N) is 1. The number of benzene rings is 1. The first-order valence-electron chi connectivity index (χ1n) is 5.84. The summed E-state index contributed by atoms with van der Waals surface area (Å²) in [6, 6.07) is 8.79. The van der Waals surface area contributed by atoms with Crippen LogP contribution in [0.2, 0.25) is 0 Å². The van der Waals surface area contributed by atoms with E-state index in [4.69, 9.17) is 5.26 Å². The first kappa shape index (κ1) is 15.2. The summed E-state index contributed by atoms with van der Waals surface area (Å²) in [4.78, 5) is 11.6. The Balaban J connectivity index is 2.33. The van der Waals surface area contributed by atoms with Gasteiger partial charge >= 0.3 is 0 Å². The van der Waals surface area contributed by atoms with Crippen LogP contribution in [-0.4, -0.2) is 32.9 Å². The van der Waals surface area contributed by atoms with Crippen molar-refractivity contribution in [2.24, 2.45) is 0 Å². The molecular weight excluding hydrogens is 264 g/mol. The lowest BCUT2D eigenvalue weighted by molar-refractivity contribution is -0.120. The lowest BCUT2D eigenvalue weighted by Gasteiger charge is -2.05. The van der Waals surface area contributed by atoms with E-state index in [0.29, 0.717) is 18.5 Å². The Kier molecular flexibility index (Phi) is 5.52. The fraction of sp³-hybridized carbons (Fsp3) is 0.385. The zero-order valence-corrected chi connectivity index (χ0v) is 11.5. The third-order valence-electron chi connectivity index (χ3n) is 2.46. The first-order chi connectivity index (χ1) is 8.90. The van der Waals surface area contributed by atoms with E-state index in [9.17, 15) is 13.2 Å². The minimum atomic E-state index is -2.97. The SMILES string of the molecule is CS(=O)(=O)CCCNC(=O)Cc1ccc(C#N)cc1. The van der Waals surface area contributed by atoms with Gasteiger partial charge in [-0.3, -0.25) is 4.79 Å². The van der Waals surface area contributed by atoms with Gasteiger partial charge in [0.2, 0.25) is 5.91 Å². The summed E-state index contributed by atoms with van der Waals surface area (Å²) < 4.78 is 21.8. The average Bonchev–Trinajstić information content (AvgIpc) is 2.34. The molecule has 0 spiro atoms. The van der Waals surface area contributed by atoms with Gasteiger partial charge < -0.3 is 5.32 Å². The molecule has 0 aliphatic rings. The highest BCUT2D eigenvalue weighted by molar-refractivity contribution is 7.90. The Labute approximate surface area is 113 Å². The number of carbonyl (C=O) groups is 1. The number of nitrogens with one attached hydrogen (secondary N) is 1. The Bertz CT molecular complexity index is 571. The molecule has 0 unspecified atom stereocenters. The molecule has 0 aliphatic heterocycles. The lowest BCUT2D eigenvalue weighted by atomic mass is 10.1. The van der Waals surface area contributed by atoms with Crippen molar-refractivity contribution in [2.75, 3.05) is 18.6 Å². The predicted molar refractivity (Wildman–Crippen MR) is 72.2 cm³/mol. The normalized spacial score (nSPS) is 10.7. The van der Waals surface area contributed by atoms with E-state index in [-0.39, 0.29) is 18.1 Å². The van der Waals surface area contributed by atoms with Crippen LogP contribution in [0.15, 0.2) is 24.3 Å². The molecule has 1 aromatic carbocycles. The molecule has 0 aromatic heterocycles. The van der Waals surface area contributed by atoms with Crippen LogP contribution in [0.5, 0.6) is 0 Å². The van der Waals surface area contributed by atoms with Gasteiger partial charge in [-0.05, 0) is 24.1 Å². The van der Waals surface area contributed by atoms with Gasteiger partial charge in [-0.1, -0.05) is 12.1 Å². The van der Waals surface area contributed by atoms with Crippen molar-refractivity contribution >= 4 is 15.7 Å². The number of carbonyl (C=O) groups excluding carboxylic acids is 1. The van der Waals surface area contributed by atoms with E-state index in [0.717, 1.165) is 5.56 Å². The minimum absolute atomic E-state index is 0.0736. The summed E-state index contributed by atoms with van der Waals surface area (Å²) in [6.07, 6.45) is 1.81. The van der Waals surface area contributed by atoms with Gasteiger partial charge in [0.1, 0.15) is 9.84 Å². The quantitative estimate of drug-likeness (QED) is 0.775. The van der Waals surface area contributed by atoms with E-state index in [1.807, 2.05) is 6.07 Å². The van der Waals surface area contributed by atoms with Gasteiger partial charge in [0, 0.05) is 12.8 Å². The first-order valence-corrected chi connectivity index (χ1v) is 7.90. The summed E-state index contributed by atoms with van der Waals surface area (Å²) in [5.41, 5.74) is 1.37. The van der Waals surface area contributed by atoms with Crippen LogP contribution in [-0.2, 0) is 21.1 Å². The van der Waals surface area contributed by atoms with Crippen molar-refractivity contribution in [1.29, 1.82) is 5.26 Å².